The molecule has 3 heterocycles. The predicted molar refractivity (Wildman–Crippen MR) is 119 cm³/mol. The summed E-state index contributed by atoms with van der Waals surface area (Å²) in [5.41, 5.74) is 3.17. The number of amides is 1. The Hall–Kier alpha value is -2.71. The van der Waals surface area contributed by atoms with E-state index in [0.29, 0.717) is 17.2 Å². The number of piperidine rings is 1. The summed E-state index contributed by atoms with van der Waals surface area (Å²) in [6.07, 6.45) is 6.16. The summed E-state index contributed by atoms with van der Waals surface area (Å²) in [7, 11) is 1.61. The van der Waals surface area contributed by atoms with Gasteiger partial charge >= 0.3 is 0 Å². The topological polar surface area (TPSA) is 89.3 Å². The van der Waals surface area contributed by atoms with Gasteiger partial charge < -0.3 is 19.9 Å². The lowest BCUT2D eigenvalue weighted by atomic mass is 10.0. The zero-order chi connectivity index (χ0) is 21.3. The van der Waals surface area contributed by atoms with E-state index in [2.05, 4.69) is 20.8 Å². The molecule has 2 aromatic heterocycles. The Morgan fingerprint density at radius 3 is 2.60 bits per heavy atom. The summed E-state index contributed by atoms with van der Waals surface area (Å²) in [5.74, 6) is 1.29. The molecule has 8 heteroatoms. The van der Waals surface area contributed by atoms with E-state index >= 15 is 0 Å². The first kappa shape index (κ1) is 22.0. The number of ether oxygens (including phenoxy) is 1. The minimum absolute atomic E-state index is 0.111. The molecular formula is C22H28N4O3S. The van der Waals surface area contributed by atoms with Crippen LogP contribution in [0.15, 0.2) is 34.3 Å². The van der Waals surface area contributed by atoms with Gasteiger partial charge in [0.15, 0.2) is 0 Å². The van der Waals surface area contributed by atoms with Gasteiger partial charge in [-0.2, -0.15) is 0 Å². The second kappa shape index (κ2) is 10.9. The number of benzene rings is 1. The second-order valence-corrected chi connectivity index (χ2v) is 8.05. The molecule has 0 unspecified atom stereocenters. The van der Waals surface area contributed by atoms with Gasteiger partial charge in [-0.1, -0.05) is 11.6 Å². The van der Waals surface area contributed by atoms with E-state index in [1.54, 1.807) is 19.4 Å². The molecule has 30 heavy (non-hydrogen) atoms. The third-order valence-corrected chi connectivity index (χ3v) is 5.57. The van der Waals surface area contributed by atoms with E-state index in [1.807, 2.05) is 31.4 Å². The van der Waals surface area contributed by atoms with Crippen molar-refractivity contribution in [3.8, 4) is 16.9 Å². The van der Waals surface area contributed by atoms with Crippen LogP contribution in [-0.2, 0) is 11.2 Å². The maximum Gasteiger partial charge on any atom is 0.231 e. The van der Waals surface area contributed by atoms with Crippen molar-refractivity contribution < 1.29 is 14.1 Å². The zero-order valence-electron chi connectivity index (χ0n) is 17.7. The Kier molecular flexibility index (Phi) is 7.98. The summed E-state index contributed by atoms with van der Waals surface area (Å²) < 4.78 is 10.7. The number of carbonyl (C=O) groups excluding carboxylic acids is 1. The highest BCUT2D eigenvalue weighted by Gasteiger charge is 2.17. The summed E-state index contributed by atoms with van der Waals surface area (Å²) in [5, 5.41) is 12.8. The van der Waals surface area contributed by atoms with Gasteiger partial charge in [0.05, 0.1) is 24.8 Å². The minimum Gasteiger partial charge on any atom is -0.496 e. The molecule has 0 bridgehead atoms. The molecule has 4 rings (SSSR count). The van der Waals surface area contributed by atoms with Crippen LogP contribution in [0.5, 0.6) is 5.75 Å². The van der Waals surface area contributed by atoms with Gasteiger partial charge in [0.1, 0.15) is 16.5 Å². The van der Waals surface area contributed by atoms with Crippen molar-refractivity contribution in [1.29, 1.82) is 0 Å². The Bertz CT molecular complexity index is 918. The van der Waals surface area contributed by atoms with Crippen LogP contribution < -0.4 is 15.4 Å². The summed E-state index contributed by atoms with van der Waals surface area (Å²) in [6.45, 7) is 6.22. The van der Waals surface area contributed by atoms with Crippen LogP contribution in [0.25, 0.3) is 11.1 Å². The third-order valence-electron chi connectivity index (χ3n) is 4.79. The van der Waals surface area contributed by atoms with E-state index in [4.69, 9.17) is 9.26 Å². The normalized spacial score (nSPS) is 13.3. The molecule has 1 fully saturated rings. The number of anilines is 1. The molecule has 1 aliphatic heterocycles. The summed E-state index contributed by atoms with van der Waals surface area (Å²) in [4.78, 5) is 16.3. The van der Waals surface area contributed by atoms with E-state index in [9.17, 15) is 4.79 Å². The number of aromatic nitrogens is 2. The number of thiazole rings is 1. The maximum absolute atomic E-state index is 12.2. The molecule has 1 aliphatic rings. The lowest BCUT2D eigenvalue weighted by Crippen LogP contribution is -2.21. The molecule has 7 nitrogen and oxygen atoms in total. The highest BCUT2D eigenvalue weighted by molar-refractivity contribution is 7.09. The van der Waals surface area contributed by atoms with Crippen molar-refractivity contribution in [3.05, 3.63) is 46.2 Å². The van der Waals surface area contributed by atoms with E-state index in [1.165, 1.54) is 43.7 Å². The zero-order valence-corrected chi connectivity index (χ0v) is 18.5. The van der Waals surface area contributed by atoms with Gasteiger partial charge in [-0.15, -0.1) is 11.3 Å². The van der Waals surface area contributed by atoms with E-state index < -0.39 is 0 Å². The predicted octanol–water partition coefficient (Wildman–Crippen LogP) is 4.36. The summed E-state index contributed by atoms with van der Waals surface area (Å²) >= 11 is 1.46. The number of nitrogens with one attached hydrogen (secondary N) is 2. The highest BCUT2D eigenvalue weighted by Crippen LogP contribution is 2.36. The molecule has 0 atom stereocenters. The fourth-order valence-electron chi connectivity index (χ4n) is 3.33. The molecule has 0 aliphatic carbocycles. The molecule has 1 saturated heterocycles. The van der Waals surface area contributed by atoms with Crippen LogP contribution in [0.1, 0.15) is 35.7 Å². The molecule has 3 aromatic rings. The van der Waals surface area contributed by atoms with Crippen LogP contribution in [0.2, 0.25) is 0 Å². The first-order chi connectivity index (χ1) is 14.6. The first-order valence-electron chi connectivity index (χ1n) is 10.1. The lowest BCUT2D eigenvalue weighted by Gasteiger charge is -2.11. The third kappa shape index (κ3) is 5.90. The number of aryl methyl sites for hydroxylation is 2. The van der Waals surface area contributed by atoms with Crippen LogP contribution in [0.3, 0.4) is 0 Å². The van der Waals surface area contributed by atoms with Crippen molar-refractivity contribution in [1.82, 2.24) is 15.5 Å². The number of hydrogen-bond donors (Lipinski definition) is 2. The average molecular weight is 429 g/mol. The smallest absolute Gasteiger partial charge is 0.231 e. The first-order valence-corrected chi connectivity index (χ1v) is 11.0. The summed E-state index contributed by atoms with van der Waals surface area (Å²) in [6, 6.07) is 5.49. The fraction of sp³-hybridized carbons (Fsp3) is 0.409. The standard InChI is InChI=1S/C17H17N3O3S.C5H11N/c1-10-17(11(2)23-20-10)13-8-12(4-5-14(13)22-3)19-15(21)9-16-18-6-7-24-16;1-2-4-6-5-3-1/h4-8H,9H2,1-3H3,(H,19,21);6H,1-5H2. The number of hydrogen-bond acceptors (Lipinski definition) is 7. The lowest BCUT2D eigenvalue weighted by molar-refractivity contribution is -0.115. The maximum atomic E-state index is 12.2. The molecule has 1 aromatic carbocycles. The largest absolute Gasteiger partial charge is 0.496 e. The highest BCUT2D eigenvalue weighted by atomic mass is 32.1. The van der Waals surface area contributed by atoms with E-state index in [-0.39, 0.29) is 12.3 Å². The molecule has 2 N–H and O–H groups in total. The van der Waals surface area contributed by atoms with Gasteiger partial charge in [-0.25, -0.2) is 4.98 Å². The van der Waals surface area contributed by atoms with Gasteiger partial charge in [0, 0.05) is 22.8 Å². The van der Waals surface area contributed by atoms with Crippen LogP contribution in [0, 0.1) is 13.8 Å². The van der Waals surface area contributed by atoms with Gasteiger partial charge in [-0.3, -0.25) is 4.79 Å². The molecular weight excluding hydrogens is 400 g/mol. The fourth-order valence-corrected chi connectivity index (χ4v) is 3.95. The molecule has 1 amide bonds. The van der Waals surface area contributed by atoms with Crippen LogP contribution in [-0.4, -0.2) is 36.2 Å². The SMILES string of the molecule is C1CCNCC1.COc1ccc(NC(=O)Cc2nccs2)cc1-c1c(C)noc1C. The number of nitrogens with zero attached hydrogens (tertiary/aromatic N) is 2. The van der Waals surface area contributed by atoms with Crippen molar-refractivity contribution in [2.45, 2.75) is 39.5 Å². The number of carbonyl (C=O) groups is 1. The van der Waals surface area contributed by atoms with Crippen molar-refractivity contribution in [2.75, 3.05) is 25.5 Å². The monoisotopic (exact) mass is 428 g/mol. The Balaban J connectivity index is 0.000000367. The van der Waals surface area contributed by atoms with Gasteiger partial charge in [0.2, 0.25) is 5.91 Å². The molecule has 0 saturated carbocycles. The van der Waals surface area contributed by atoms with Gasteiger partial charge in [0.25, 0.3) is 0 Å². The quantitative estimate of drug-likeness (QED) is 0.627. The number of methoxy groups -OCH3 is 1. The Morgan fingerprint density at radius 1 is 1.27 bits per heavy atom. The van der Waals surface area contributed by atoms with Gasteiger partial charge in [-0.05, 0) is 58.0 Å². The van der Waals surface area contributed by atoms with Crippen molar-refractivity contribution in [2.24, 2.45) is 0 Å². The second-order valence-electron chi connectivity index (χ2n) is 7.08. The Labute approximate surface area is 180 Å². The molecule has 0 radical (unpaired) electrons. The molecule has 160 valence electrons. The van der Waals surface area contributed by atoms with E-state index in [0.717, 1.165) is 21.8 Å². The Morgan fingerprint density at radius 2 is 2.07 bits per heavy atom. The van der Waals surface area contributed by atoms with Crippen molar-refractivity contribution >= 4 is 22.9 Å². The minimum atomic E-state index is -0.111. The molecule has 0 spiro atoms. The van der Waals surface area contributed by atoms with Crippen LogP contribution in [0.4, 0.5) is 5.69 Å². The number of rotatable bonds is 5. The average Bonchev–Trinajstić information content (AvgIpc) is 3.39. The van der Waals surface area contributed by atoms with Crippen LogP contribution >= 0.6 is 11.3 Å². The van der Waals surface area contributed by atoms with Crippen molar-refractivity contribution in [3.63, 3.8) is 0 Å².